The predicted molar refractivity (Wildman–Crippen MR) is 71.4 cm³/mol. The maximum Gasteiger partial charge on any atom is 0.271 e. The summed E-state index contributed by atoms with van der Waals surface area (Å²) in [7, 11) is 0. The van der Waals surface area contributed by atoms with Gasteiger partial charge in [-0.15, -0.1) is 0 Å². The quantitative estimate of drug-likeness (QED) is 0.646. The SMILES string of the molecule is O=[N+]([O-])c1cccc(N2CCC(OCCO)CC2)c1. The van der Waals surface area contributed by atoms with E-state index in [1.54, 1.807) is 12.1 Å². The molecule has 1 aromatic carbocycles. The summed E-state index contributed by atoms with van der Waals surface area (Å²) in [6, 6.07) is 6.71. The molecule has 0 aromatic heterocycles. The first-order valence-corrected chi connectivity index (χ1v) is 6.42. The number of ether oxygens (including phenoxy) is 1. The van der Waals surface area contributed by atoms with Gasteiger partial charge in [-0.25, -0.2) is 0 Å². The Balaban J connectivity index is 1.94. The molecule has 2 rings (SSSR count). The molecule has 0 aliphatic carbocycles. The van der Waals surface area contributed by atoms with Crippen molar-refractivity contribution >= 4 is 11.4 Å². The van der Waals surface area contributed by atoms with E-state index in [4.69, 9.17) is 9.84 Å². The Hall–Kier alpha value is -1.66. The number of aliphatic hydroxyl groups excluding tert-OH is 1. The van der Waals surface area contributed by atoms with E-state index in [0.717, 1.165) is 31.6 Å². The van der Waals surface area contributed by atoms with E-state index in [1.165, 1.54) is 6.07 Å². The Morgan fingerprint density at radius 2 is 2.16 bits per heavy atom. The lowest BCUT2D eigenvalue weighted by molar-refractivity contribution is -0.384. The van der Waals surface area contributed by atoms with Crippen LogP contribution in [-0.2, 0) is 4.74 Å². The van der Waals surface area contributed by atoms with E-state index < -0.39 is 0 Å². The largest absolute Gasteiger partial charge is 0.394 e. The number of hydrogen-bond donors (Lipinski definition) is 1. The topological polar surface area (TPSA) is 75.8 Å². The summed E-state index contributed by atoms with van der Waals surface area (Å²) in [5, 5.41) is 19.5. The van der Waals surface area contributed by atoms with Gasteiger partial charge in [-0.2, -0.15) is 0 Å². The number of aliphatic hydroxyl groups is 1. The molecule has 6 nitrogen and oxygen atoms in total. The first-order valence-electron chi connectivity index (χ1n) is 6.42. The van der Waals surface area contributed by atoms with Gasteiger partial charge in [0.15, 0.2) is 0 Å². The molecule has 0 unspecified atom stereocenters. The zero-order valence-corrected chi connectivity index (χ0v) is 10.7. The van der Waals surface area contributed by atoms with Gasteiger partial charge in [-0.3, -0.25) is 10.1 Å². The van der Waals surface area contributed by atoms with Crippen LogP contribution in [0, 0.1) is 10.1 Å². The monoisotopic (exact) mass is 266 g/mol. The minimum atomic E-state index is -0.374. The maximum absolute atomic E-state index is 10.7. The number of nitro groups is 1. The molecule has 1 aliphatic rings. The van der Waals surface area contributed by atoms with Crippen molar-refractivity contribution in [1.82, 2.24) is 0 Å². The fourth-order valence-corrected chi connectivity index (χ4v) is 2.30. The van der Waals surface area contributed by atoms with Gasteiger partial charge in [0.2, 0.25) is 0 Å². The molecule has 1 saturated heterocycles. The molecule has 0 bridgehead atoms. The van der Waals surface area contributed by atoms with Gasteiger partial charge < -0.3 is 14.7 Å². The zero-order valence-electron chi connectivity index (χ0n) is 10.7. The standard InChI is InChI=1S/C13H18N2O4/c16-8-9-19-13-4-6-14(7-5-13)11-2-1-3-12(10-11)15(17)18/h1-3,10,13,16H,4-9H2. The molecule has 1 heterocycles. The summed E-state index contributed by atoms with van der Waals surface area (Å²) in [4.78, 5) is 12.5. The highest BCUT2D eigenvalue weighted by Gasteiger charge is 2.20. The number of piperidine rings is 1. The maximum atomic E-state index is 10.7. The summed E-state index contributed by atoms with van der Waals surface area (Å²) in [5.41, 5.74) is 1.01. The van der Waals surface area contributed by atoms with E-state index in [2.05, 4.69) is 4.90 Å². The van der Waals surface area contributed by atoms with Crippen molar-refractivity contribution in [3.8, 4) is 0 Å². The molecule has 19 heavy (non-hydrogen) atoms. The van der Waals surface area contributed by atoms with E-state index in [-0.39, 0.29) is 23.3 Å². The fourth-order valence-electron chi connectivity index (χ4n) is 2.30. The summed E-state index contributed by atoms with van der Waals surface area (Å²) < 4.78 is 5.49. The van der Waals surface area contributed by atoms with E-state index in [1.807, 2.05) is 6.07 Å². The Kier molecular flexibility index (Phi) is 4.70. The highest BCUT2D eigenvalue weighted by Crippen LogP contribution is 2.24. The smallest absolute Gasteiger partial charge is 0.271 e. The Labute approximate surface area is 111 Å². The predicted octanol–water partition coefficient (Wildman–Crippen LogP) is 1.57. The average molecular weight is 266 g/mol. The van der Waals surface area contributed by atoms with Crippen LogP contribution in [0.1, 0.15) is 12.8 Å². The highest BCUT2D eigenvalue weighted by atomic mass is 16.6. The van der Waals surface area contributed by atoms with Crippen molar-refractivity contribution in [3.63, 3.8) is 0 Å². The number of nitro benzene ring substituents is 1. The average Bonchev–Trinajstić information content (AvgIpc) is 2.46. The third kappa shape index (κ3) is 3.65. The van der Waals surface area contributed by atoms with Crippen LogP contribution in [0.15, 0.2) is 24.3 Å². The van der Waals surface area contributed by atoms with Crippen molar-refractivity contribution in [1.29, 1.82) is 0 Å². The minimum Gasteiger partial charge on any atom is -0.394 e. The second-order valence-electron chi connectivity index (χ2n) is 4.56. The number of anilines is 1. The van der Waals surface area contributed by atoms with Gasteiger partial charge in [0.1, 0.15) is 0 Å². The summed E-state index contributed by atoms with van der Waals surface area (Å²) in [6.07, 6.45) is 1.94. The second kappa shape index (κ2) is 6.49. The first kappa shape index (κ1) is 13.8. The number of hydrogen-bond acceptors (Lipinski definition) is 5. The third-order valence-corrected chi connectivity index (χ3v) is 3.29. The first-order chi connectivity index (χ1) is 9.20. The van der Waals surface area contributed by atoms with Gasteiger partial charge in [0.05, 0.1) is 24.2 Å². The molecule has 104 valence electrons. The van der Waals surface area contributed by atoms with Crippen molar-refractivity contribution in [2.45, 2.75) is 18.9 Å². The van der Waals surface area contributed by atoms with Crippen molar-refractivity contribution < 1.29 is 14.8 Å². The van der Waals surface area contributed by atoms with Crippen molar-refractivity contribution in [2.75, 3.05) is 31.2 Å². The second-order valence-corrected chi connectivity index (χ2v) is 4.56. The highest BCUT2D eigenvalue weighted by molar-refractivity contribution is 5.53. The molecule has 0 atom stereocenters. The molecule has 1 aliphatic heterocycles. The summed E-state index contributed by atoms with van der Waals surface area (Å²) in [5.74, 6) is 0. The number of benzene rings is 1. The number of nitrogens with zero attached hydrogens (tertiary/aromatic N) is 2. The van der Waals surface area contributed by atoms with Crippen LogP contribution >= 0.6 is 0 Å². The van der Waals surface area contributed by atoms with E-state index in [9.17, 15) is 10.1 Å². The van der Waals surface area contributed by atoms with Gasteiger partial charge in [0.25, 0.3) is 5.69 Å². The Morgan fingerprint density at radius 3 is 2.79 bits per heavy atom. The number of rotatable bonds is 5. The molecule has 1 fully saturated rings. The lowest BCUT2D eigenvalue weighted by Gasteiger charge is -2.33. The van der Waals surface area contributed by atoms with Crippen LogP contribution in [0.2, 0.25) is 0 Å². The molecule has 1 N–H and O–H groups in total. The zero-order chi connectivity index (χ0) is 13.7. The van der Waals surface area contributed by atoms with Gasteiger partial charge in [0, 0.05) is 30.9 Å². The molecular formula is C13H18N2O4. The van der Waals surface area contributed by atoms with Crippen LogP contribution in [0.5, 0.6) is 0 Å². The van der Waals surface area contributed by atoms with Crippen LogP contribution in [0.4, 0.5) is 11.4 Å². The number of non-ortho nitro benzene ring substituents is 1. The lowest BCUT2D eigenvalue weighted by atomic mass is 10.1. The van der Waals surface area contributed by atoms with Crippen LogP contribution in [0.25, 0.3) is 0 Å². The van der Waals surface area contributed by atoms with Gasteiger partial charge in [-0.05, 0) is 18.9 Å². The molecule has 6 heteroatoms. The Bertz CT molecular complexity index is 430. The molecule has 0 amide bonds. The normalized spacial score (nSPS) is 16.6. The van der Waals surface area contributed by atoms with Crippen LogP contribution < -0.4 is 4.90 Å². The third-order valence-electron chi connectivity index (χ3n) is 3.29. The van der Waals surface area contributed by atoms with Gasteiger partial charge >= 0.3 is 0 Å². The van der Waals surface area contributed by atoms with Crippen LogP contribution in [-0.4, -0.2) is 42.4 Å². The van der Waals surface area contributed by atoms with E-state index in [0.29, 0.717) is 6.61 Å². The summed E-state index contributed by atoms with van der Waals surface area (Å²) in [6.45, 7) is 2.06. The lowest BCUT2D eigenvalue weighted by Crippen LogP contribution is -2.37. The van der Waals surface area contributed by atoms with Crippen molar-refractivity contribution in [2.24, 2.45) is 0 Å². The molecular weight excluding hydrogens is 248 g/mol. The molecule has 0 radical (unpaired) electrons. The van der Waals surface area contributed by atoms with Crippen LogP contribution in [0.3, 0.4) is 0 Å². The minimum absolute atomic E-state index is 0.0467. The fraction of sp³-hybridized carbons (Fsp3) is 0.538. The van der Waals surface area contributed by atoms with E-state index >= 15 is 0 Å². The Morgan fingerprint density at radius 1 is 1.42 bits per heavy atom. The molecule has 0 saturated carbocycles. The molecule has 1 aromatic rings. The van der Waals surface area contributed by atoms with Crippen molar-refractivity contribution in [3.05, 3.63) is 34.4 Å². The molecule has 0 spiro atoms. The van der Waals surface area contributed by atoms with Gasteiger partial charge in [-0.1, -0.05) is 6.07 Å². The summed E-state index contributed by atoms with van der Waals surface area (Å²) >= 11 is 0.